The number of rotatable bonds is 8. The van der Waals surface area contributed by atoms with Gasteiger partial charge in [-0.05, 0) is 6.92 Å². The molecular weight excluding hydrogens is 258 g/mol. The van der Waals surface area contributed by atoms with E-state index >= 15 is 0 Å². The molecule has 0 aliphatic heterocycles. The Kier molecular flexibility index (Phi) is 6.90. The molecule has 0 unspecified atom stereocenters. The third kappa shape index (κ3) is 5.50. The predicted molar refractivity (Wildman–Crippen MR) is 75.6 cm³/mol. The fourth-order valence-corrected chi connectivity index (χ4v) is 1.66. The van der Waals surface area contributed by atoms with Crippen LogP contribution in [0.3, 0.4) is 0 Å². The Bertz CT molecular complexity index is 438. The van der Waals surface area contributed by atoms with E-state index in [9.17, 15) is 9.59 Å². The number of hydrogen-bond donors (Lipinski definition) is 1. The van der Waals surface area contributed by atoms with Crippen LogP contribution in [0.4, 0.5) is 0 Å². The van der Waals surface area contributed by atoms with Gasteiger partial charge in [0.2, 0.25) is 5.91 Å². The lowest BCUT2D eigenvalue weighted by Crippen LogP contribution is -2.34. The Balaban J connectivity index is 2.33. The summed E-state index contributed by atoms with van der Waals surface area (Å²) in [6, 6.07) is 7.33. The molecule has 20 heavy (non-hydrogen) atoms. The van der Waals surface area contributed by atoms with E-state index in [0.717, 1.165) is 5.56 Å². The summed E-state index contributed by atoms with van der Waals surface area (Å²) < 4.78 is 9.90. The van der Waals surface area contributed by atoms with Gasteiger partial charge in [-0.15, -0.1) is 0 Å². The summed E-state index contributed by atoms with van der Waals surface area (Å²) in [5, 5.41) is 2.66. The number of amides is 1. The van der Waals surface area contributed by atoms with Gasteiger partial charge in [-0.1, -0.05) is 29.8 Å². The highest BCUT2D eigenvalue weighted by Gasteiger charge is 2.11. The van der Waals surface area contributed by atoms with Crippen molar-refractivity contribution in [2.45, 2.75) is 26.1 Å². The van der Waals surface area contributed by atoms with Crippen molar-refractivity contribution in [3.8, 4) is 0 Å². The number of ether oxygens (including phenoxy) is 2. The van der Waals surface area contributed by atoms with Gasteiger partial charge in [-0.25, -0.2) is 0 Å². The molecule has 0 heterocycles. The zero-order valence-corrected chi connectivity index (χ0v) is 12.1. The number of carbonyl (C=O) groups is 2. The van der Waals surface area contributed by atoms with Gasteiger partial charge in [0.05, 0.1) is 6.54 Å². The topological polar surface area (TPSA) is 64.6 Å². The Morgan fingerprint density at radius 2 is 1.70 bits per heavy atom. The molecule has 1 N–H and O–H groups in total. The summed E-state index contributed by atoms with van der Waals surface area (Å²) in [6.45, 7) is 2.23. The first-order valence-electron chi connectivity index (χ1n) is 6.49. The molecule has 5 heteroatoms. The van der Waals surface area contributed by atoms with Crippen LogP contribution in [0.5, 0.6) is 0 Å². The standard InChI is InChI=1S/C15H21NO4/c1-11-4-6-12(7-5-11)13(17)8-9-14(18)16-10-15(19-2)20-3/h4-7,15H,8-10H2,1-3H3,(H,16,18). The van der Waals surface area contributed by atoms with Gasteiger partial charge >= 0.3 is 0 Å². The van der Waals surface area contributed by atoms with Crippen molar-refractivity contribution in [1.82, 2.24) is 5.32 Å². The van der Waals surface area contributed by atoms with Crippen LogP contribution in [0.2, 0.25) is 0 Å². The molecule has 0 aromatic heterocycles. The average molecular weight is 279 g/mol. The number of nitrogens with one attached hydrogen (secondary N) is 1. The third-order valence-corrected chi connectivity index (χ3v) is 2.94. The first kappa shape index (κ1) is 16.3. The van der Waals surface area contributed by atoms with Crippen molar-refractivity contribution in [2.24, 2.45) is 0 Å². The van der Waals surface area contributed by atoms with E-state index in [4.69, 9.17) is 9.47 Å². The number of aryl methyl sites for hydroxylation is 1. The zero-order valence-electron chi connectivity index (χ0n) is 12.1. The van der Waals surface area contributed by atoms with Gasteiger partial charge in [0.15, 0.2) is 12.1 Å². The van der Waals surface area contributed by atoms with Gasteiger partial charge in [0.25, 0.3) is 0 Å². The van der Waals surface area contributed by atoms with E-state index in [1.165, 1.54) is 14.2 Å². The second-order valence-electron chi connectivity index (χ2n) is 4.49. The van der Waals surface area contributed by atoms with Crippen LogP contribution in [-0.2, 0) is 14.3 Å². The molecule has 0 radical (unpaired) electrons. The maximum Gasteiger partial charge on any atom is 0.220 e. The summed E-state index contributed by atoms with van der Waals surface area (Å²) in [6.07, 6.45) is -0.112. The van der Waals surface area contributed by atoms with Gasteiger partial charge in [-0.3, -0.25) is 9.59 Å². The zero-order chi connectivity index (χ0) is 15.0. The number of ketones is 1. The molecule has 1 aromatic rings. The molecule has 0 spiro atoms. The maximum atomic E-state index is 11.9. The minimum atomic E-state index is -0.466. The van der Waals surface area contributed by atoms with Gasteiger partial charge in [0, 0.05) is 32.6 Å². The minimum absolute atomic E-state index is 0.0322. The molecule has 0 fully saturated rings. The molecule has 5 nitrogen and oxygen atoms in total. The van der Waals surface area contributed by atoms with Crippen LogP contribution in [0, 0.1) is 6.92 Å². The fraction of sp³-hybridized carbons (Fsp3) is 0.467. The van der Waals surface area contributed by atoms with Crippen molar-refractivity contribution < 1.29 is 19.1 Å². The molecule has 0 saturated carbocycles. The monoisotopic (exact) mass is 279 g/mol. The Morgan fingerprint density at radius 3 is 2.25 bits per heavy atom. The Morgan fingerprint density at radius 1 is 1.10 bits per heavy atom. The van der Waals surface area contributed by atoms with Gasteiger partial charge in [-0.2, -0.15) is 0 Å². The van der Waals surface area contributed by atoms with Crippen molar-refractivity contribution in [3.63, 3.8) is 0 Å². The Hall–Kier alpha value is -1.72. The fourth-order valence-electron chi connectivity index (χ4n) is 1.66. The highest BCUT2D eigenvalue weighted by Crippen LogP contribution is 2.07. The second-order valence-corrected chi connectivity index (χ2v) is 4.49. The maximum absolute atomic E-state index is 11.9. The number of carbonyl (C=O) groups excluding carboxylic acids is 2. The normalized spacial score (nSPS) is 10.6. The highest BCUT2D eigenvalue weighted by molar-refractivity contribution is 5.97. The number of hydrogen-bond acceptors (Lipinski definition) is 4. The molecular formula is C15H21NO4. The summed E-state index contributed by atoms with van der Waals surface area (Å²) in [5.41, 5.74) is 1.74. The number of methoxy groups -OCH3 is 2. The van der Waals surface area contributed by atoms with E-state index < -0.39 is 6.29 Å². The van der Waals surface area contributed by atoms with Crippen molar-refractivity contribution in [1.29, 1.82) is 0 Å². The third-order valence-electron chi connectivity index (χ3n) is 2.94. The predicted octanol–water partition coefficient (Wildman–Crippen LogP) is 1.69. The van der Waals surface area contributed by atoms with Crippen LogP contribution < -0.4 is 5.32 Å². The van der Waals surface area contributed by atoms with Crippen LogP contribution in [0.15, 0.2) is 24.3 Å². The summed E-state index contributed by atoms with van der Waals surface area (Å²) in [4.78, 5) is 23.5. The van der Waals surface area contributed by atoms with E-state index in [0.29, 0.717) is 5.56 Å². The second kappa shape index (κ2) is 8.45. The number of benzene rings is 1. The molecule has 0 aliphatic carbocycles. The lowest BCUT2D eigenvalue weighted by atomic mass is 10.1. The van der Waals surface area contributed by atoms with E-state index in [1.54, 1.807) is 12.1 Å². The van der Waals surface area contributed by atoms with E-state index in [-0.39, 0.29) is 31.1 Å². The number of Topliss-reactive ketones (excluding diaryl/α,β-unsaturated/α-hetero) is 1. The van der Waals surface area contributed by atoms with E-state index in [2.05, 4.69) is 5.32 Å². The summed E-state index contributed by atoms with van der Waals surface area (Å²) in [5.74, 6) is -0.222. The van der Waals surface area contributed by atoms with E-state index in [1.807, 2.05) is 19.1 Å². The van der Waals surface area contributed by atoms with Gasteiger partial charge < -0.3 is 14.8 Å². The molecule has 1 rings (SSSR count). The summed E-state index contributed by atoms with van der Waals surface area (Å²) >= 11 is 0. The smallest absolute Gasteiger partial charge is 0.220 e. The molecule has 1 aromatic carbocycles. The lowest BCUT2D eigenvalue weighted by molar-refractivity contribution is -0.127. The summed E-state index contributed by atoms with van der Waals surface area (Å²) in [7, 11) is 3.00. The lowest BCUT2D eigenvalue weighted by Gasteiger charge is -2.13. The van der Waals surface area contributed by atoms with Gasteiger partial charge in [0.1, 0.15) is 0 Å². The Labute approximate surface area is 119 Å². The largest absolute Gasteiger partial charge is 0.354 e. The first-order chi connectivity index (χ1) is 9.56. The average Bonchev–Trinajstić information content (AvgIpc) is 2.46. The van der Waals surface area contributed by atoms with Crippen molar-refractivity contribution in [2.75, 3.05) is 20.8 Å². The van der Waals surface area contributed by atoms with Crippen LogP contribution >= 0.6 is 0 Å². The highest BCUT2D eigenvalue weighted by atomic mass is 16.7. The van der Waals surface area contributed by atoms with Crippen LogP contribution in [0.1, 0.15) is 28.8 Å². The molecule has 0 atom stereocenters. The SMILES string of the molecule is COC(CNC(=O)CCC(=O)c1ccc(C)cc1)OC. The molecule has 0 saturated heterocycles. The quantitative estimate of drug-likeness (QED) is 0.581. The van der Waals surface area contributed by atoms with Crippen LogP contribution in [0.25, 0.3) is 0 Å². The molecule has 110 valence electrons. The van der Waals surface area contributed by atoms with Crippen molar-refractivity contribution in [3.05, 3.63) is 35.4 Å². The molecule has 1 amide bonds. The molecule has 0 bridgehead atoms. The first-order valence-corrected chi connectivity index (χ1v) is 6.49. The van der Waals surface area contributed by atoms with Crippen LogP contribution in [-0.4, -0.2) is 38.7 Å². The minimum Gasteiger partial charge on any atom is -0.354 e. The molecule has 0 aliphatic rings. The van der Waals surface area contributed by atoms with Crippen molar-refractivity contribution >= 4 is 11.7 Å².